The van der Waals surface area contributed by atoms with Gasteiger partial charge in [-0.3, -0.25) is 0 Å². The minimum atomic E-state index is 0.0333. The van der Waals surface area contributed by atoms with Crippen LogP contribution in [-0.4, -0.2) is 120 Å². The number of fused-ring (bicyclic) bond motifs is 10. The molecule has 25 nitrogen and oxygen atoms in total. The molecule has 25 heteroatoms. The van der Waals surface area contributed by atoms with E-state index in [0.29, 0.717) is 0 Å². The van der Waals surface area contributed by atoms with E-state index >= 15 is 0 Å². The van der Waals surface area contributed by atoms with E-state index in [1.807, 2.05) is 282 Å². The fraction of sp³-hybridized carbons (Fsp3) is 0.480. The van der Waals surface area contributed by atoms with Gasteiger partial charge in [0.15, 0.2) is 0 Å². The highest BCUT2D eigenvalue weighted by Gasteiger charge is 2.26. The van der Waals surface area contributed by atoms with Crippen LogP contribution >= 0.6 is 0 Å². The summed E-state index contributed by atoms with van der Waals surface area (Å²) in [5.74, 6) is 2.11. The number of aromatic nitrogens is 25. The first-order chi connectivity index (χ1) is 70.8. The second-order valence-corrected chi connectivity index (χ2v) is 43.4. The number of hydrogen-bond donors (Lipinski definition) is 0. The Morgan fingerprint density at radius 3 is 1.26 bits per heavy atom. The van der Waals surface area contributed by atoms with E-state index in [0.717, 1.165) is 45.8 Å². The highest BCUT2D eigenvalue weighted by Crippen LogP contribution is 2.33. The predicted molar refractivity (Wildman–Crippen MR) is 639 cm³/mol. The lowest BCUT2D eigenvalue weighted by Gasteiger charge is -2.21. The maximum Gasteiger partial charge on any atom is 0.135 e. The van der Waals surface area contributed by atoms with Crippen LogP contribution < -0.4 is 0 Å². The molecule has 0 amide bonds. The van der Waals surface area contributed by atoms with Crippen molar-refractivity contribution in [3.05, 3.63) is 333 Å². The van der Waals surface area contributed by atoms with Gasteiger partial charge in [0.25, 0.3) is 0 Å². The van der Waals surface area contributed by atoms with Crippen LogP contribution in [0.4, 0.5) is 0 Å². The van der Waals surface area contributed by atoms with E-state index in [9.17, 15) is 0 Å². The van der Waals surface area contributed by atoms with Gasteiger partial charge in [0.1, 0.15) is 30.6 Å². The Morgan fingerprint density at radius 2 is 0.713 bits per heavy atom. The fourth-order valence-corrected chi connectivity index (χ4v) is 14.6. The topological polar surface area (TPSA) is 237 Å². The summed E-state index contributed by atoms with van der Waals surface area (Å²) in [7, 11) is 0. The van der Waals surface area contributed by atoms with Gasteiger partial charge in [0.05, 0.1) is 89.0 Å². The lowest BCUT2D eigenvalue weighted by molar-refractivity contribution is 0.489. The summed E-state index contributed by atoms with van der Waals surface area (Å²) in [4.78, 5) is 41.9. The molecule has 0 fully saturated rings. The van der Waals surface area contributed by atoms with Crippen LogP contribution in [0.3, 0.4) is 0 Å². The zero-order valence-corrected chi connectivity index (χ0v) is 102. The monoisotopic (exact) mass is 2040 g/mol. The van der Waals surface area contributed by atoms with Gasteiger partial charge in [-0.25, -0.2) is 67.9 Å². The molecule has 0 aromatic carbocycles. The van der Waals surface area contributed by atoms with Gasteiger partial charge < -0.3 is 26.4 Å². The molecule has 818 valence electrons. The highest BCUT2D eigenvalue weighted by molar-refractivity contribution is 5.60. The molecule has 0 saturated carbocycles. The molecule has 0 N–H and O–H groups in total. The molecule has 150 heavy (non-hydrogen) atoms. The summed E-state index contributed by atoms with van der Waals surface area (Å²) in [6.07, 6.45) is 48.0. The molecular formula is C125H193N25. The SMILES string of the molecule is CC.CC.CC.CC.CC.CC.CC.CC.CC.CC(C)(C)c1cc2ccncn2c1.CC(C)(C)c1cc2ccncn2n1.CC(C)(C)c1ccc2ccncn12.CC(C)(C)c1ccn2cnccc12.CC(C)(C)c1cncn2cccc12.CC(C)(C)c1cncn2nncc12.CC(C)(C)c1cnn2cnccc12.CC(C)(C)c1nccc2ccnn12.CCC(C)(C)c1cc2cccn2cn1.Cc1cc2ccnc(C(C)(C)C)n2c1. The largest absolute Gasteiger partial charge is 0.308 e. The molecular weight excluding hydrogens is 1850 g/mol. The minimum absolute atomic E-state index is 0.0333. The van der Waals surface area contributed by atoms with E-state index < -0.39 is 0 Å². The molecule has 0 bridgehead atoms. The first-order valence-corrected chi connectivity index (χ1v) is 54.3. The second kappa shape index (κ2) is 61.6. The van der Waals surface area contributed by atoms with Crippen LogP contribution in [0, 0.1) is 6.92 Å². The molecule has 0 radical (unpaired) electrons. The van der Waals surface area contributed by atoms with E-state index in [2.05, 4.69) is 391 Å². The van der Waals surface area contributed by atoms with Gasteiger partial charge in [0.2, 0.25) is 0 Å². The van der Waals surface area contributed by atoms with Crippen molar-refractivity contribution in [2.75, 3.05) is 0 Å². The molecule has 0 saturated heterocycles. The van der Waals surface area contributed by atoms with Crippen molar-refractivity contribution in [2.45, 2.75) is 400 Å². The third kappa shape index (κ3) is 38.8. The molecule has 0 aliphatic carbocycles. The Labute approximate surface area is 902 Å². The van der Waals surface area contributed by atoms with E-state index in [1.54, 1.807) is 57.3 Å². The van der Waals surface area contributed by atoms with E-state index in [-0.39, 0.29) is 54.1 Å². The average Bonchev–Trinajstić information content (AvgIpc) is 1.64. The van der Waals surface area contributed by atoms with Crippen molar-refractivity contribution in [3.8, 4) is 0 Å². The Hall–Kier alpha value is -13.5. The molecule has 20 rings (SSSR count). The standard InChI is InChI=1S/2C12H16N2.4C11H14N2.3C10H13N3.C9H12N4.9C2H6/c1-9-7-10-5-6-13-11(12(2,3)4)14(10)8-9;1-4-12(2,3)11-8-10-6-5-7-14(10)9-13-11;1-11(2,3)9-5-7-13-8-12-6-4-10(9)13;1-11(2,3)9-6-10-4-5-12-8-13(10)7-9;1-11(2,3)10-5-4-9-6-7-12-8-13(9)10;1-11(2,3)9-7-12-8-13-6-4-5-10(9)13;1-10(2,3)9-11-6-4-8-5-7-12-13(8)9;1-10(2,3)8-6-12-13-7-11-5-4-9(8)13;1-10(2,3)9-6-8-4-5-11-7-13(8)12-9;1-9(2,3)7-4-10-6-13-8(7)5-11-12-13;9*1-2/h5-8H,1-4H3;5-9H,4H2,1-3H3;4*4-8H,1-3H3;3*4-7H,1-3H3;4-6H,1-3H3;9*1-2H3. The van der Waals surface area contributed by atoms with Gasteiger partial charge in [-0.2, -0.15) is 15.3 Å². The number of aryl methyl sites for hydroxylation is 1. The summed E-state index contributed by atoms with van der Waals surface area (Å²) in [6, 6.07) is 39.5. The van der Waals surface area contributed by atoms with Crippen LogP contribution in [0.1, 0.15) is 401 Å². The molecule has 0 aliphatic rings. The van der Waals surface area contributed by atoms with E-state index in [4.69, 9.17) is 0 Å². The zero-order chi connectivity index (χ0) is 114. The predicted octanol–water partition coefficient (Wildman–Crippen LogP) is 33.2. The van der Waals surface area contributed by atoms with Gasteiger partial charge in [0, 0.05) is 158 Å². The Balaban J connectivity index is 0.000000553. The molecule has 0 atom stereocenters. The van der Waals surface area contributed by atoms with Crippen LogP contribution in [0.2, 0.25) is 0 Å². The third-order valence-electron chi connectivity index (χ3n) is 22.6. The van der Waals surface area contributed by atoms with Crippen LogP contribution in [0.15, 0.2) is 271 Å². The number of nitrogens with zero attached hydrogens (tertiary/aromatic N) is 25. The quantitative estimate of drug-likeness (QED) is 0.156. The number of rotatable bonds is 2. The van der Waals surface area contributed by atoms with Crippen molar-refractivity contribution in [1.29, 1.82) is 0 Å². The Morgan fingerprint density at radius 1 is 0.267 bits per heavy atom. The molecule has 20 heterocycles. The van der Waals surface area contributed by atoms with Crippen LogP contribution in [0.25, 0.3) is 55.2 Å². The van der Waals surface area contributed by atoms with Gasteiger partial charge >= 0.3 is 0 Å². The molecule has 0 unspecified atom stereocenters. The van der Waals surface area contributed by atoms with E-state index in [1.165, 1.54) is 77.9 Å². The van der Waals surface area contributed by atoms with Crippen molar-refractivity contribution in [3.63, 3.8) is 0 Å². The van der Waals surface area contributed by atoms with Crippen molar-refractivity contribution < 1.29 is 0 Å². The molecule has 20 aromatic rings. The zero-order valence-electron chi connectivity index (χ0n) is 102. The molecule has 0 aliphatic heterocycles. The first-order valence-electron chi connectivity index (χ1n) is 54.3. The van der Waals surface area contributed by atoms with Gasteiger partial charge in [-0.15, -0.1) is 5.10 Å². The summed E-state index contributed by atoms with van der Waals surface area (Å²) in [6.45, 7) is 104. The fourth-order valence-electron chi connectivity index (χ4n) is 14.6. The van der Waals surface area contributed by atoms with Gasteiger partial charge in [-0.1, -0.05) is 338 Å². The second-order valence-electron chi connectivity index (χ2n) is 43.4. The summed E-state index contributed by atoms with van der Waals surface area (Å²) >= 11 is 0. The van der Waals surface area contributed by atoms with Crippen molar-refractivity contribution >= 4 is 55.2 Å². The third-order valence-corrected chi connectivity index (χ3v) is 22.6. The summed E-state index contributed by atoms with van der Waals surface area (Å²) in [5, 5.41) is 20.7. The lowest BCUT2D eigenvalue weighted by atomic mass is 9.86. The minimum Gasteiger partial charge on any atom is -0.308 e. The van der Waals surface area contributed by atoms with Gasteiger partial charge in [-0.05, 0) is 178 Å². The first kappa shape index (κ1) is 133. The lowest BCUT2D eigenvalue weighted by Crippen LogP contribution is -2.18. The Bertz CT molecular complexity index is 6510. The maximum atomic E-state index is 4.48. The van der Waals surface area contributed by atoms with Crippen LogP contribution in [-0.2, 0) is 54.1 Å². The van der Waals surface area contributed by atoms with Crippen LogP contribution in [0.5, 0.6) is 0 Å². The molecule has 0 spiro atoms. The maximum absolute atomic E-state index is 4.48. The smallest absolute Gasteiger partial charge is 0.135 e. The summed E-state index contributed by atoms with van der Waals surface area (Å²) < 4.78 is 19.7. The van der Waals surface area contributed by atoms with Crippen molar-refractivity contribution in [2.24, 2.45) is 0 Å². The average molecular weight is 2050 g/mol. The number of hydrogen-bond acceptors (Lipinski definition) is 15. The Kier molecular flexibility index (Phi) is 54.5. The normalized spacial score (nSPS) is 11.1. The highest BCUT2D eigenvalue weighted by atomic mass is 15.4. The molecule has 20 aromatic heterocycles. The summed E-state index contributed by atoms with van der Waals surface area (Å²) in [5.41, 5.74) is 24.4. The van der Waals surface area contributed by atoms with Crippen molar-refractivity contribution in [1.82, 2.24) is 120 Å².